The van der Waals surface area contributed by atoms with Crippen LogP contribution in [0.5, 0.6) is 0 Å². The van der Waals surface area contributed by atoms with Crippen LogP contribution >= 0.6 is 11.6 Å². The Labute approximate surface area is 194 Å². The Bertz CT molecular complexity index is 1120. The predicted molar refractivity (Wildman–Crippen MR) is 124 cm³/mol. The number of likely N-dealkylation sites (tertiary alicyclic amines) is 1. The van der Waals surface area contributed by atoms with E-state index in [9.17, 15) is 18.0 Å². The van der Waals surface area contributed by atoms with Gasteiger partial charge in [-0.3, -0.25) is 9.59 Å². The molecule has 1 aliphatic heterocycles. The van der Waals surface area contributed by atoms with Crippen molar-refractivity contribution < 1.29 is 18.0 Å². The van der Waals surface area contributed by atoms with E-state index >= 15 is 0 Å². The third-order valence-electron chi connectivity index (χ3n) is 5.81. The predicted octanol–water partition coefficient (Wildman–Crippen LogP) is 3.12. The molecule has 1 fully saturated rings. The van der Waals surface area contributed by atoms with Gasteiger partial charge in [-0.1, -0.05) is 18.5 Å². The molecule has 1 aromatic heterocycles. The molecule has 3 rings (SSSR count). The van der Waals surface area contributed by atoms with Crippen LogP contribution < -0.4 is 5.32 Å². The number of anilines is 1. The minimum atomic E-state index is -3.96. The van der Waals surface area contributed by atoms with E-state index in [1.165, 1.54) is 23.9 Å². The van der Waals surface area contributed by atoms with Crippen molar-refractivity contribution in [3.8, 4) is 0 Å². The summed E-state index contributed by atoms with van der Waals surface area (Å²) in [6, 6.07) is 6.41. The van der Waals surface area contributed by atoms with E-state index in [0.717, 1.165) is 22.7 Å². The van der Waals surface area contributed by atoms with E-state index in [4.69, 9.17) is 11.6 Å². The van der Waals surface area contributed by atoms with Gasteiger partial charge in [-0.25, -0.2) is 8.42 Å². The van der Waals surface area contributed by atoms with Gasteiger partial charge in [0.1, 0.15) is 10.6 Å². The van der Waals surface area contributed by atoms with Crippen LogP contribution in [0.1, 0.15) is 35.8 Å². The molecule has 32 heavy (non-hydrogen) atoms. The van der Waals surface area contributed by atoms with Gasteiger partial charge in [0.2, 0.25) is 15.9 Å². The number of nitrogens with zero attached hydrogens (tertiary/aromatic N) is 3. The topological polar surface area (TPSA) is 91.7 Å². The molecule has 0 atom stereocenters. The van der Waals surface area contributed by atoms with E-state index in [1.807, 2.05) is 0 Å². The highest BCUT2D eigenvalue weighted by atomic mass is 35.5. The number of amides is 2. The van der Waals surface area contributed by atoms with Gasteiger partial charge in [-0.15, -0.1) is 0 Å². The average molecular weight is 481 g/mol. The molecule has 0 unspecified atom stereocenters. The van der Waals surface area contributed by atoms with Crippen molar-refractivity contribution in [3.63, 3.8) is 0 Å². The molecule has 10 heteroatoms. The van der Waals surface area contributed by atoms with Crippen molar-refractivity contribution in [1.82, 2.24) is 13.8 Å². The summed E-state index contributed by atoms with van der Waals surface area (Å²) in [6.07, 6.45) is 3.28. The van der Waals surface area contributed by atoms with E-state index < -0.39 is 15.9 Å². The summed E-state index contributed by atoms with van der Waals surface area (Å²) in [5.41, 5.74) is 1.65. The van der Waals surface area contributed by atoms with E-state index in [1.54, 1.807) is 37.1 Å². The van der Waals surface area contributed by atoms with Crippen molar-refractivity contribution in [2.24, 2.45) is 13.0 Å². The highest BCUT2D eigenvalue weighted by Gasteiger charge is 2.29. The Morgan fingerprint density at radius 1 is 1.22 bits per heavy atom. The summed E-state index contributed by atoms with van der Waals surface area (Å²) in [5, 5.41) is 3.25. The number of aromatic nitrogens is 1. The quantitative estimate of drug-likeness (QED) is 0.687. The molecular weight excluding hydrogens is 452 g/mol. The molecule has 1 saturated heterocycles. The maximum absolute atomic E-state index is 13.0. The van der Waals surface area contributed by atoms with Gasteiger partial charge in [0.15, 0.2) is 0 Å². The number of rotatable bonds is 6. The Hall–Kier alpha value is -2.36. The van der Waals surface area contributed by atoms with Crippen molar-refractivity contribution in [3.05, 3.63) is 46.7 Å². The Morgan fingerprint density at radius 3 is 2.50 bits per heavy atom. The van der Waals surface area contributed by atoms with E-state index in [0.29, 0.717) is 35.4 Å². The second kappa shape index (κ2) is 9.64. The first-order valence-electron chi connectivity index (χ1n) is 10.5. The summed E-state index contributed by atoms with van der Waals surface area (Å²) < 4.78 is 28.6. The standard InChI is InChI=1S/C22H29ClN4O4S/c1-15-7-9-27(10-8-15)22(29)20-12-18(13-25(20)3)32(30,31)26(4)14-21(28)24-19-6-5-17(23)11-16(19)2/h5-6,11-13,15H,7-10,14H2,1-4H3,(H,24,28). The fraction of sp³-hybridized carbons (Fsp3) is 0.455. The van der Waals surface area contributed by atoms with Gasteiger partial charge in [-0.05, 0) is 55.5 Å². The van der Waals surface area contributed by atoms with Crippen molar-refractivity contribution in [2.45, 2.75) is 31.6 Å². The molecule has 2 aromatic rings. The monoisotopic (exact) mass is 480 g/mol. The lowest BCUT2D eigenvalue weighted by atomic mass is 9.99. The lowest BCUT2D eigenvalue weighted by Gasteiger charge is -2.30. The second-order valence-electron chi connectivity index (χ2n) is 8.42. The Balaban J connectivity index is 1.71. The van der Waals surface area contributed by atoms with Crippen LogP contribution in [0.4, 0.5) is 5.69 Å². The number of carbonyl (C=O) groups is 2. The number of piperidine rings is 1. The maximum atomic E-state index is 13.0. The molecule has 1 aromatic carbocycles. The molecule has 0 aliphatic carbocycles. The number of hydrogen-bond donors (Lipinski definition) is 1. The minimum Gasteiger partial charge on any atom is -0.345 e. The number of halogens is 1. The summed E-state index contributed by atoms with van der Waals surface area (Å²) in [6.45, 7) is 4.92. The number of benzene rings is 1. The SMILES string of the molecule is Cc1cc(Cl)ccc1NC(=O)CN(C)S(=O)(=O)c1cc(C(=O)N2CCC(C)CC2)n(C)c1. The summed E-state index contributed by atoms with van der Waals surface area (Å²) >= 11 is 5.93. The van der Waals surface area contributed by atoms with Crippen molar-refractivity contribution >= 4 is 39.1 Å². The lowest BCUT2D eigenvalue weighted by molar-refractivity contribution is -0.116. The molecule has 8 nitrogen and oxygen atoms in total. The summed E-state index contributed by atoms with van der Waals surface area (Å²) in [4.78, 5) is 27.1. The van der Waals surface area contributed by atoms with Gasteiger partial charge >= 0.3 is 0 Å². The van der Waals surface area contributed by atoms with E-state index in [2.05, 4.69) is 12.2 Å². The van der Waals surface area contributed by atoms with Gasteiger partial charge in [-0.2, -0.15) is 4.31 Å². The van der Waals surface area contributed by atoms with Crippen LogP contribution in [-0.2, 0) is 21.9 Å². The third kappa shape index (κ3) is 5.33. The molecule has 2 heterocycles. The number of carbonyl (C=O) groups excluding carboxylic acids is 2. The van der Waals surface area contributed by atoms with Gasteiger partial charge in [0.25, 0.3) is 5.91 Å². The molecule has 0 spiro atoms. The number of nitrogens with one attached hydrogen (secondary N) is 1. The van der Waals surface area contributed by atoms with Crippen LogP contribution in [0.25, 0.3) is 0 Å². The summed E-state index contributed by atoms with van der Waals surface area (Å²) in [7, 11) is -0.973. The molecule has 174 valence electrons. The van der Waals surface area contributed by atoms with Gasteiger partial charge < -0.3 is 14.8 Å². The molecule has 0 bridgehead atoms. The fourth-order valence-electron chi connectivity index (χ4n) is 3.69. The van der Waals surface area contributed by atoms with Crippen LogP contribution in [0, 0.1) is 12.8 Å². The van der Waals surface area contributed by atoms with Gasteiger partial charge in [0.05, 0.1) is 6.54 Å². The van der Waals surface area contributed by atoms with Crippen LogP contribution in [0.3, 0.4) is 0 Å². The summed E-state index contributed by atoms with van der Waals surface area (Å²) in [5.74, 6) is -0.0736. The maximum Gasteiger partial charge on any atom is 0.270 e. The first-order chi connectivity index (χ1) is 15.0. The largest absolute Gasteiger partial charge is 0.345 e. The van der Waals surface area contributed by atoms with Crippen molar-refractivity contribution in [1.29, 1.82) is 0 Å². The first-order valence-corrected chi connectivity index (χ1v) is 12.3. The molecule has 2 amide bonds. The van der Waals surface area contributed by atoms with Crippen LogP contribution in [0.2, 0.25) is 5.02 Å². The Morgan fingerprint density at radius 2 is 1.88 bits per heavy atom. The zero-order valence-corrected chi connectivity index (χ0v) is 20.3. The lowest BCUT2D eigenvalue weighted by Crippen LogP contribution is -2.38. The highest BCUT2D eigenvalue weighted by molar-refractivity contribution is 7.89. The molecular formula is C22H29ClN4O4S. The third-order valence-corrected chi connectivity index (χ3v) is 7.81. The second-order valence-corrected chi connectivity index (χ2v) is 10.9. The molecule has 0 radical (unpaired) electrons. The normalized spacial score (nSPS) is 15.2. The average Bonchev–Trinajstić information content (AvgIpc) is 3.12. The molecule has 1 aliphatic rings. The van der Waals surface area contributed by atoms with Crippen LogP contribution in [0.15, 0.2) is 35.4 Å². The number of hydrogen-bond acceptors (Lipinski definition) is 4. The highest BCUT2D eigenvalue weighted by Crippen LogP contribution is 2.23. The fourth-order valence-corrected chi connectivity index (χ4v) is 5.11. The zero-order chi connectivity index (χ0) is 23.6. The number of aryl methyl sites for hydroxylation is 2. The minimum absolute atomic E-state index is 0.0216. The first kappa shape index (κ1) is 24.3. The zero-order valence-electron chi connectivity index (χ0n) is 18.8. The molecule has 1 N–H and O–H groups in total. The van der Waals surface area contributed by atoms with Crippen molar-refractivity contribution in [2.75, 3.05) is 32.0 Å². The molecule has 0 saturated carbocycles. The van der Waals surface area contributed by atoms with Gasteiger partial charge in [0, 0.05) is 44.1 Å². The van der Waals surface area contributed by atoms with E-state index in [-0.39, 0.29) is 17.3 Å². The number of sulfonamides is 1. The number of likely N-dealkylation sites (N-methyl/N-ethyl adjacent to an activating group) is 1. The smallest absolute Gasteiger partial charge is 0.270 e. The Kier molecular flexibility index (Phi) is 7.32. The van der Waals surface area contributed by atoms with Crippen LogP contribution in [-0.4, -0.2) is 60.7 Å².